The highest BCUT2D eigenvalue weighted by atomic mass is 16.7. The maximum absolute atomic E-state index is 12.5. The molecular formula is C58H118N2O9. The number of ether oxygens (including phenoxy) is 6. The maximum atomic E-state index is 12.5. The molecule has 0 rings (SSSR count). The van der Waals surface area contributed by atoms with Gasteiger partial charge in [0.2, 0.25) is 0 Å². The first-order valence-electron chi connectivity index (χ1n) is 29.5. The fourth-order valence-electron chi connectivity index (χ4n) is 8.17. The monoisotopic (exact) mass is 987 g/mol. The number of aldehydes is 1. The minimum absolute atomic E-state index is 0.139. The molecule has 0 saturated carbocycles. The number of hydrogen-bond donors (Lipinski definition) is 1. The first kappa shape index (κ1) is 69.9. The Labute approximate surface area is 428 Å². The number of aliphatic hydroxyl groups excluding tert-OH is 1. The lowest BCUT2D eigenvalue weighted by Gasteiger charge is -2.25. The SMILES string of the molecule is CCCCCCCCOC(CCC(=O)OCCCCCCN(CCCCCCOC)CCN(C)CCO)OCCCCCCCC.CCCCCCCCOC(CCC=O)OCCCCCCCC. The zero-order valence-electron chi connectivity index (χ0n) is 46.8. The molecule has 0 saturated heterocycles. The molecule has 11 heteroatoms. The quantitative estimate of drug-likeness (QED) is 0.0272. The smallest absolute Gasteiger partial charge is 0.305 e. The Hall–Kier alpha value is -1.18. The van der Waals surface area contributed by atoms with Crippen molar-refractivity contribution in [2.75, 3.05) is 93.1 Å². The molecule has 0 fully saturated rings. The van der Waals surface area contributed by atoms with Gasteiger partial charge in [0.25, 0.3) is 0 Å². The van der Waals surface area contributed by atoms with Crippen LogP contribution in [-0.4, -0.2) is 133 Å². The average molecular weight is 988 g/mol. The van der Waals surface area contributed by atoms with Crippen molar-refractivity contribution in [1.82, 2.24) is 9.80 Å². The third kappa shape index (κ3) is 57.6. The van der Waals surface area contributed by atoms with Gasteiger partial charge in [-0.05, 0) is 71.5 Å². The molecule has 1 N–H and O–H groups in total. The average Bonchev–Trinajstić information content (AvgIpc) is 3.35. The number of esters is 1. The molecule has 414 valence electrons. The minimum atomic E-state index is -0.310. The summed E-state index contributed by atoms with van der Waals surface area (Å²) in [5, 5.41) is 9.21. The van der Waals surface area contributed by atoms with E-state index in [9.17, 15) is 14.7 Å². The lowest BCUT2D eigenvalue weighted by molar-refractivity contribution is -0.159. The molecule has 0 unspecified atom stereocenters. The lowest BCUT2D eigenvalue weighted by Crippen LogP contribution is -2.35. The van der Waals surface area contributed by atoms with Crippen molar-refractivity contribution in [3.8, 4) is 0 Å². The van der Waals surface area contributed by atoms with Crippen LogP contribution in [0.3, 0.4) is 0 Å². The van der Waals surface area contributed by atoms with E-state index in [2.05, 4.69) is 44.5 Å². The molecule has 0 spiro atoms. The normalized spacial score (nSPS) is 11.6. The van der Waals surface area contributed by atoms with Crippen LogP contribution in [0.5, 0.6) is 0 Å². The van der Waals surface area contributed by atoms with E-state index in [0.29, 0.717) is 45.5 Å². The largest absolute Gasteiger partial charge is 0.466 e. The van der Waals surface area contributed by atoms with Crippen LogP contribution in [0.2, 0.25) is 0 Å². The second-order valence-corrected chi connectivity index (χ2v) is 19.6. The number of hydrogen-bond acceptors (Lipinski definition) is 11. The van der Waals surface area contributed by atoms with Crippen molar-refractivity contribution in [1.29, 1.82) is 0 Å². The Kier molecular flexibility index (Phi) is 61.9. The number of nitrogens with zero attached hydrogens (tertiary/aromatic N) is 2. The molecule has 69 heavy (non-hydrogen) atoms. The number of unbranched alkanes of at least 4 members (excludes halogenated alkanes) is 26. The van der Waals surface area contributed by atoms with Gasteiger partial charge in [-0.25, -0.2) is 0 Å². The van der Waals surface area contributed by atoms with Gasteiger partial charge in [0, 0.05) is 79.0 Å². The Morgan fingerprint density at radius 3 is 1.20 bits per heavy atom. The van der Waals surface area contributed by atoms with E-state index in [-0.39, 0.29) is 25.2 Å². The van der Waals surface area contributed by atoms with Gasteiger partial charge < -0.3 is 48.1 Å². The topological polar surface area (TPSA) is 116 Å². The van der Waals surface area contributed by atoms with Gasteiger partial charge in [-0.3, -0.25) is 4.79 Å². The Balaban J connectivity index is 0. The van der Waals surface area contributed by atoms with Crippen LogP contribution in [0.4, 0.5) is 0 Å². The summed E-state index contributed by atoms with van der Waals surface area (Å²) in [5.41, 5.74) is 0. The molecular weight excluding hydrogens is 869 g/mol. The number of rotatable bonds is 57. The number of aliphatic hydroxyl groups is 1. The molecule has 0 radical (unpaired) electrons. The molecule has 0 atom stereocenters. The number of methoxy groups -OCH3 is 1. The van der Waals surface area contributed by atoms with Crippen LogP contribution in [-0.2, 0) is 38.0 Å². The molecule has 11 nitrogen and oxygen atoms in total. The summed E-state index contributed by atoms with van der Waals surface area (Å²) in [6.07, 6.45) is 41.7. The first-order valence-corrected chi connectivity index (χ1v) is 29.5. The highest BCUT2D eigenvalue weighted by Crippen LogP contribution is 2.14. The summed E-state index contributed by atoms with van der Waals surface area (Å²) < 4.78 is 34.5. The predicted octanol–water partition coefficient (Wildman–Crippen LogP) is 14.4. The van der Waals surface area contributed by atoms with E-state index in [1.165, 1.54) is 148 Å². The summed E-state index contributed by atoms with van der Waals surface area (Å²) in [6.45, 7) is 18.4. The Bertz CT molecular complexity index is 944. The van der Waals surface area contributed by atoms with Crippen LogP contribution in [0.25, 0.3) is 0 Å². The van der Waals surface area contributed by atoms with Gasteiger partial charge in [0.1, 0.15) is 6.29 Å². The lowest BCUT2D eigenvalue weighted by atomic mass is 10.1. The molecule has 0 aromatic heterocycles. The summed E-state index contributed by atoms with van der Waals surface area (Å²) >= 11 is 0. The van der Waals surface area contributed by atoms with Crippen molar-refractivity contribution < 1.29 is 43.1 Å². The van der Waals surface area contributed by atoms with E-state index in [0.717, 1.165) is 117 Å². The van der Waals surface area contributed by atoms with Gasteiger partial charge in [-0.1, -0.05) is 182 Å². The third-order valence-corrected chi connectivity index (χ3v) is 12.8. The van der Waals surface area contributed by atoms with Gasteiger partial charge in [0.15, 0.2) is 12.6 Å². The molecule has 0 heterocycles. The zero-order valence-corrected chi connectivity index (χ0v) is 46.8. The molecule has 0 aliphatic carbocycles. The summed E-state index contributed by atoms with van der Waals surface area (Å²) in [7, 11) is 3.85. The fraction of sp³-hybridized carbons (Fsp3) is 0.966. The summed E-state index contributed by atoms with van der Waals surface area (Å²) in [6, 6.07) is 0. The second-order valence-electron chi connectivity index (χ2n) is 19.6. The highest BCUT2D eigenvalue weighted by Gasteiger charge is 2.14. The molecule has 0 aliphatic rings. The Morgan fingerprint density at radius 1 is 0.449 bits per heavy atom. The van der Waals surface area contributed by atoms with E-state index in [1.807, 2.05) is 0 Å². The van der Waals surface area contributed by atoms with Crippen LogP contribution in [0.15, 0.2) is 0 Å². The number of likely N-dealkylation sites (N-methyl/N-ethyl adjacent to an activating group) is 1. The van der Waals surface area contributed by atoms with E-state index < -0.39 is 0 Å². The van der Waals surface area contributed by atoms with Gasteiger partial charge in [0.05, 0.1) is 19.6 Å². The summed E-state index contributed by atoms with van der Waals surface area (Å²) in [4.78, 5) is 27.8. The van der Waals surface area contributed by atoms with Gasteiger partial charge in [-0.15, -0.1) is 0 Å². The first-order chi connectivity index (χ1) is 33.9. The zero-order chi connectivity index (χ0) is 50.8. The standard InChI is InChI=1S/C38H78N2O6.C20H40O3/c1-5-7-9-11-15-23-35-45-38(46-36-24-16-12-10-8-6-2)26-25-37(42)44-34-22-18-14-20-28-40(30-29-39(3)31-32-41)27-19-13-17-21-33-43-4;1-3-5-7-9-11-13-18-22-20(16-15-17-21)23-19-14-12-10-8-6-4-2/h38,41H,5-36H2,1-4H3;17,20H,3-16,18-19H2,1-2H3. The van der Waals surface area contributed by atoms with Gasteiger partial charge >= 0.3 is 5.97 Å². The van der Waals surface area contributed by atoms with Gasteiger partial charge in [-0.2, -0.15) is 0 Å². The molecule has 0 aromatic rings. The number of carbonyl (C=O) groups is 2. The predicted molar refractivity (Wildman–Crippen MR) is 290 cm³/mol. The second kappa shape index (κ2) is 61.1. The van der Waals surface area contributed by atoms with Crippen molar-refractivity contribution in [2.24, 2.45) is 0 Å². The fourth-order valence-corrected chi connectivity index (χ4v) is 8.17. The van der Waals surface area contributed by atoms with E-state index >= 15 is 0 Å². The Morgan fingerprint density at radius 2 is 0.812 bits per heavy atom. The van der Waals surface area contributed by atoms with Crippen molar-refractivity contribution >= 4 is 12.3 Å². The third-order valence-electron chi connectivity index (χ3n) is 12.8. The maximum Gasteiger partial charge on any atom is 0.305 e. The van der Waals surface area contributed by atoms with E-state index in [4.69, 9.17) is 28.4 Å². The van der Waals surface area contributed by atoms with Crippen molar-refractivity contribution in [3.63, 3.8) is 0 Å². The van der Waals surface area contributed by atoms with Crippen molar-refractivity contribution in [2.45, 2.75) is 271 Å². The van der Waals surface area contributed by atoms with Crippen molar-refractivity contribution in [3.05, 3.63) is 0 Å². The van der Waals surface area contributed by atoms with Crippen LogP contribution >= 0.6 is 0 Å². The minimum Gasteiger partial charge on any atom is -0.466 e. The van der Waals surface area contributed by atoms with E-state index in [1.54, 1.807) is 7.11 Å². The number of carbonyl (C=O) groups excluding carboxylic acids is 2. The molecule has 0 aromatic carbocycles. The van der Waals surface area contributed by atoms with Crippen LogP contribution in [0.1, 0.15) is 259 Å². The molecule has 0 bridgehead atoms. The summed E-state index contributed by atoms with van der Waals surface area (Å²) in [5.74, 6) is -0.139. The van der Waals surface area contributed by atoms with Crippen LogP contribution < -0.4 is 0 Å². The molecule has 0 amide bonds. The highest BCUT2D eigenvalue weighted by molar-refractivity contribution is 5.69. The van der Waals surface area contributed by atoms with Crippen LogP contribution in [0, 0.1) is 0 Å². The molecule has 0 aliphatic heterocycles.